The van der Waals surface area contributed by atoms with Gasteiger partial charge in [0.15, 0.2) is 0 Å². The Bertz CT molecular complexity index is 1150. The fraction of sp³-hybridized carbons (Fsp3) is 0.280. The number of hydrogen-bond donors (Lipinski definition) is 3. The van der Waals surface area contributed by atoms with Crippen LogP contribution in [-0.4, -0.2) is 31.9 Å². The molecule has 7 nitrogen and oxygen atoms in total. The van der Waals surface area contributed by atoms with E-state index in [0.29, 0.717) is 12.5 Å². The number of nitrogens with one attached hydrogen (secondary N) is 3. The van der Waals surface area contributed by atoms with Crippen molar-refractivity contribution in [3.8, 4) is 0 Å². The Labute approximate surface area is 194 Å². The molecular weight excluding hydrogens is 436 g/mol. The fourth-order valence-electron chi connectivity index (χ4n) is 3.54. The van der Waals surface area contributed by atoms with Crippen molar-refractivity contribution in [1.29, 1.82) is 0 Å². The van der Waals surface area contributed by atoms with Gasteiger partial charge in [0.2, 0.25) is 15.9 Å². The molecule has 0 aliphatic heterocycles. The SMILES string of the molecule is O=C(NCCC1CC1)[C@H](Cc1ccccc1)NS(=O)(=O)c1ccc(Nc2ccncc2)cc1. The first-order valence-electron chi connectivity index (χ1n) is 11.1. The molecule has 4 rings (SSSR count). The van der Waals surface area contributed by atoms with Crippen LogP contribution >= 0.6 is 0 Å². The first-order chi connectivity index (χ1) is 16.0. The minimum Gasteiger partial charge on any atom is -0.355 e. The smallest absolute Gasteiger partial charge is 0.241 e. The van der Waals surface area contributed by atoms with E-state index in [9.17, 15) is 13.2 Å². The predicted molar refractivity (Wildman–Crippen MR) is 129 cm³/mol. The Kier molecular flexibility index (Phi) is 7.36. The maximum atomic E-state index is 13.1. The molecule has 2 aromatic carbocycles. The van der Waals surface area contributed by atoms with Crippen LogP contribution in [0, 0.1) is 5.92 Å². The van der Waals surface area contributed by atoms with Gasteiger partial charge in [-0.3, -0.25) is 9.78 Å². The number of benzene rings is 2. The van der Waals surface area contributed by atoms with Crippen LogP contribution in [0.25, 0.3) is 0 Å². The summed E-state index contributed by atoms with van der Waals surface area (Å²) < 4.78 is 28.8. The molecule has 1 aliphatic rings. The standard InChI is InChI=1S/C25H28N4O3S/c30-25(27-17-12-19-6-7-19)24(18-20-4-2-1-3-5-20)29-33(31,32)23-10-8-21(9-11-23)28-22-13-15-26-16-14-22/h1-5,8-11,13-16,19,24,29H,6-7,12,17-18H2,(H,26,28)(H,27,30)/t24-/m0/s1. The number of nitrogens with zero attached hydrogens (tertiary/aromatic N) is 1. The lowest BCUT2D eigenvalue weighted by Gasteiger charge is -2.19. The molecule has 0 saturated heterocycles. The van der Waals surface area contributed by atoms with Gasteiger partial charge in [0.25, 0.3) is 0 Å². The number of aromatic nitrogens is 1. The molecule has 1 amide bonds. The third kappa shape index (κ3) is 6.87. The summed E-state index contributed by atoms with van der Waals surface area (Å²) in [6, 6.07) is 18.6. The number of hydrogen-bond acceptors (Lipinski definition) is 5. The van der Waals surface area contributed by atoms with Crippen LogP contribution in [0.4, 0.5) is 11.4 Å². The van der Waals surface area contributed by atoms with Crippen LogP contribution in [0.15, 0.2) is 84.0 Å². The number of rotatable bonds is 11. The van der Waals surface area contributed by atoms with Crippen LogP contribution in [0.3, 0.4) is 0 Å². The molecule has 3 N–H and O–H groups in total. The average molecular weight is 465 g/mol. The molecule has 0 radical (unpaired) electrons. The van der Waals surface area contributed by atoms with Gasteiger partial charge in [-0.2, -0.15) is 4.72 Å². The second kappa shape index (κ2) is 10.6. The Balaban J connectivity index is 1.45. The molecule has 1 aliphatic carbocycles. The zero-order valence-electron chi connectivity index (χ0n) is 18.3. The normalized spacial score (nSPS) is 14.4. The van der Waals surface area contributed by atoms with E-state index in [0.717, 1.165) is 23.4 Å². The Morgan fingerprint density at radius 1 is 0.939 bits per heavy atom. The highest BCUT2D eigenvalue weighted by Gasteiger charge is 2.27. The molecule has 1 aromatic heterocycles. The number of carbonyl (C=O) groups is 1. The number of amides is 1. The van der Waals surface area contributed by atoms with E-state index in [1.807, 2.05) is 42.5 Å². The van der Waals surface area contributed by atoms with Gasteiger partial charge in [0.05, 0.1) is 4.90 Å². The van der Waals surface area contributed by atoms with Crippen LogP contribution in [-0.2, 0) is 21.2 Å². The van der Waals surface area contributed by atoms with Gasteiger partial charge in [-0.05, 0) is 60.7 Å². The number of anilines is 2. The summed E-state index contributed by atoms with van der Waals surface area (Å²) in [5.74, 6) is 0.382. The van der Waals surface area contributed by atoms with Crippen molar-refractivity contribution < 1.29 is 13.2 Å². The van der Waals surface area contributed by atoms with Crippen molar-refractivity contribution >= 4 is 27.3 Å². The van der Waals surface area contributed by atoms with Crippen molar-refractivity contribution in [1.82, 2.24) is 15.0 Å². The van der Waals surface area contributed by atoms with Crippen LogP contribution < -0.4 is 15.4 Å². The lowest BCUT2D eigenvalue weighted by molar-refractivity contribution is -0.122. The second-order valence-corrected chi connectivity index (χ2v) is 9.99. The van der Waals surface area contributed by atoms with Crippen molar-refractivity contribution in [3.05, 3.63) is 84.7 Å². The molecule has 33 heavy (non-hydrogen) atoms. The first kappa shape index (κ1) is 22.9. The van der Waals surface area contributed by atoms with Gasteiger partial charge in [-0.15, -0.1) is 0 Å². The van der Waals surface area contributed by atoms with Gasteiger partial charge in [-0.25, -0.2) is 8.42 Å². The second-order valence-electron chi connectivity index (χ2n) is 8.27. The van der Waals surface area contributed by atoms with E-state index < -0.39 is 16.1 Å². The summed E-state index contributed by atoms with van der Waals surface area (Å²) >= 11 is 0. The summed E-state index contributed by atoms with van der Waals surface area (Å²) in [4.78, 5) is 16.9. The fourth-order valence-corrected chi connectivity index (χ4v) is 4.74. The van der Waals surface area contributed by atoms with Gasteiger partial charge in [0, 0.05) is 30.3 Å². The Morgan fingerprint density at radius 2 is 1.61 bits per heavy atom. The molecule has 3 aromatic rings. The molecule has 0 unspecified atom stereocenters. The highest BCUT2D eigenvalue weighted by atomic mass is 32.2. The molecule has 1 fully saturated rings. The van der Waals surface area contributed by atoms with E-state index >= 15 is 0 Å². The largest absolute Gasteiger partial charge is 0.355 e. The van der Waals surface area contributed by atoms with Crippen LogP contribution in [0.5, 0.6) is 0 Å². The van der Waals surface area contributed by atoms with Gasteiger partial charge < -0.3 is 10.6 Å². The van der Waals surface area contributed by atoms with E-state index in [1.54, 1.807) is 24.5 Å². The van der Waals surface area contributed by atoms with Gasteiger partial charge in [-0.1, -0.05) is 43.2 Å². The topological polar surface area (TPSA) is 100 Å². The zero-order chi connectivity index (χ0) is 23.1. The van der Waals surface area contributed by atoms with E-state index in [-0.39, 0.29) is 17.2 Å². The summed E-state index contributed by atoms with van der Waals surface area (Å²) in [5.41, 5.74) is 2.49. The Morgan fingerprint density at radius 3 is 2.27 bits per heavy atom. The number of sulfonamides is 1. The van der Waals surface area contributed by atoms with Crippen LogP contribution in [0.1, 0.15) is 24.8 Å². The highest BCUT2D eigenvalue weighted by molar-refractivity contribution is 7.89. The lowest BCUT2D eigenvalue weighted by atomic mass is 10.1. The minimum absolute atomic E-state index is 0.103. The van der Waals surface area contributed by atoms with E-state index in [2.05, 4.69) is 20.3 Å². The van der Waals surface area contributed by atoms with Crippen LogP contribution in [0.2, 0.25) is 0 Å². The van der Waals surface area contributed by atoms with Crippen molar-refractivity contribution in [2.45, 2.75) is 36.6 Å². The number of pyridine rings is 1. The third-order valence-corrected chi connectivity index (χ3v) is 7.07. The summed E-state index contributed by atoms with van der Waals surface area (Å²) in [5, 5.41) is 6.10. The molecular formula is C25H28N4O3S. The quantitative estimate of drug-likeness (QED) is 0.402. The molecule has 0 spiro atoms. The van der Waals surface area contributed by atoms with Gasteiger partial charge >= 0.3 is 0 Å². The Hall–Kier alpha value is -3.23. The molecule has 1 saturated carbocycles. The molecule has 1 heterocycles. The molecule has 0 bridgehead atoms. The third-order valence-electron chi connectivity index (χ3n) is 5.58. The molecule has 1 atom stereocenters. The van der Waals surface area contributed by atoms with E-state index in [1.165, 1.54) is 25.0 Å². The van der Waals surface area contributed by atoms with Crippen molar-refractivity contribution in [2.75, 3.05) is 11.9 Å². The monoisotopic (exact) mass is 464 g/mol. The maximum Gasteiger partial charge on any atom is 0.241 e. The van der Waals surface area contributed by atoms with Crippen molar-refractivity contribution in [3.63, 3.8) is 0 Å². The summed E-state index contributed by atoms with van der Waals surface area (Å²) in [6.07, 6.45) is 6.98. The first-order valence-corrected chi connectivity index (χ1v) is 12.6. The summed E-state index contributed by atoms with van der Waals surface area (Å²) in [7, 11) is -3.89. The summed E-state index contributed by atoms with van der Waals surface area (Å²) in [6.45, 7) is 0.561. The lowest BCUT2D eigenvalue weighted by Crippen LogP contribution is -2.48. The van der Waals surface area contributed by atoms with E-state index in [4.69, 9.17) is 0 Å². The van der Waals surface area contributed by atoms with Gasteiger partial charge in [0.1, 0.15) is 6.04 Å². The predicted octanol–water partition coefficient (Wildman–Crippen LogP) is 3.63. The number of carbonyl (C=O) groups excluding carboxylic acids is 1. The minimum atomic E-state index is -3.89. The average Bonchev–Trinajstić information content (AvgIpc) is 3.65. The maximum absolute atomic E-state index is 13.1. The zero-order valence-corrected chi connectivity index (χ0v) is 19.1. The van der Waals surface area contributed by atoms with Crippen molar-refractivity contribution in [2.24, 2.45) is 5.92 Å². The molecule has 8 heteroatoms. The highest BCUT2D eigenvalue weighted by Crippen LogP contribution is 2.31. The molecule has 172 valence electrons.